The van der Waals surface area contributed by atoms with Crippen LogP contribution in [0.4, 0.5) is 0 Å². The summed E-state index contributed by atoms with van der Waals surface area (Å²) >= 11 is 0. The summed E-state index contributed by atoms with van der Waals surface area (Å²) in [5, 5.41) is 25.1. The van der Waals surface area contributed by atoms with Crippen molar-refractivity contribution in [3.05, 3.63) is 27.2 Å². The number of likely N-dealkylation sites (tertiary alicyclic amines) is 1. The SMILES string of the molecule is Cn1c(=O)c2c(ncn2[C@@H]2CN(C(=O)[C@@H]3CCCNC3)C[C@@H](O)C[C@@]2(C)O)n(C)c1=O. The molecule has 2 aliphatic rings. The van der Waals surface area contributed by atoms with Gasteiger partial charge in [0, 0.05) is 40.2 Å². The van der Waals surface area contributed by atoms with Crippen molar-refractivity contribution in [2.45, 2.75) is 43.9 Å². The summed E-state index contributed by atoms with van der Waals surface area (Å²) in [7, 11) is 2.92. The Morgan fingerprint density at radius 1 is 1.26 bits per heavy atom. The van der Waals surface area contributed by atoms with Crippen molar-refractivity contribution in [1.29, 1.82) is 0 Å². The second-order valence-corrected chi connectivity index (χ2v) is 9.05. The first-order valence-corrected chi connectivity index (χ1v) is 10.6. The van der Waals surface area contributed by atoms with Gasteiger partial charge in [-0.25, -0.2) is 9.78 Å². The first-order chi connectivity index (χ1) is 14.6. The monoisotopic (exact) mass is 434 g/mol. The van der Waals surface area contributed by atoms with Gasteiger partial charge in [0.15, 0.2) is 11.2 Å². The number of imidazole rings is 1. The smallest absolute Gasteiger partial charge is 0.332 e. The molecule has 11 heteroatoms. The maximum atomic E-state index is 13.2. The lowest BCUT2D eigenvalue weighted by Crippen LogP contribution is -2.47. The molecular weight excluding hydrogens is 404 g/mol. The molecule has 1 amide bonds. The standard InChI is InChI=1S/C20H30N6O5/c1-20(31)7-13(27)9-25(17(28)12-5-4-6-21-8-12)10-14(20)26-11-22-16-15(26)18(29)24(3)19(30)23(16)2/h11-14,21,27,31H,4-10H2,1-3H3/t12-,13+,14-,20-/m1/s1. The molecule has 31 heavy (non-hydrogen) atoms. The van der Waals surface area contributed by atoms with Crippen LogP contribution in [0.15, 0.2) is 15.9 Å². The van der Waals surface area contributed by atoms with E-state index in [0.29, 0.717) is 6.54 Å². The van der Waals surface area contributed by atoms with E-state index in [0.717, 1.165) is 24.0 Å². The number of piperidine rings is 1. The normalized spacial score (nSPS) is 29.8. The number of β-amino-alcohol motifs (C(OH)–C–C–N with tert-alkyl or cyclic N) is 1. The Labute approximate surface area is 178 Å². The van der Waals surface area contributed by atoms with Crippen molar-refractivity contribution in [3.8, 4) is 0 Å². The number of nitrogens with one attached hydrogen (secondary N) is 1. The van der Waals surface area contributed by atoms with Crippen LogP contribution in [0.25, 0.3) is 11.2 Å². The molecule has 0 aromatic carbocycles. The number of aromatic nitrogens is 4. The summed E-state index contributed by atoms with van der Waals surface area (Å²) in [6.07, 6.45) is 2.24. The Hall–Kier alpha value is -2.50. The van der Waals surface area contributed by atoms with Crippen LogP contribution in [0.5, 0.6) is 0 Å². The van der Waals surface area contributed by atoms with Gasteiger partial charge in [-0.3, -0.25) is 18.7 Å². The second kappa shape index (κ2) is 7.88. The van der Waals surface area contributed by atoms with Crippen LogP contribution in [0.3, 0.4) is 0 Å². The molecule has 4 rings (SSSR count). The van der Waals surface area contributed by atoms with E-state index in [9.17, 15) is 24.6 Å². The van der Waals surface area contributed by atoms with Crippen LogP contribution in [-0.2, 0) is 18.9 Å². The minimum Gasteiger partial charge on any atom is -0.391 e. The molecule has 0 unspecified atom stereocenters. The van der Waals surface area contributed by atoms with Gasteiger partial charge < -0.3 is 25.0 Å². The van der Waals surface area contributed by atoms with E-state index in [1.54, 1.807) is 16.4 Å². The molecule has 11 nitrogen and oxygen atoms in total. The summed E-state index contributed by atoms with van der Waals surface area (Å²) in [5.74, 6) is -0.253. The summed E-state index contributed by atoms with van der Waals surface area (Å²) in [4.78, 5) is 44.2. The highest BCUT2D eigenvalue weighted by atomic mass is 16.3. The molecule has 2 aliphatic heterocycles. The highest BCUT2D eigenvalue weighted by Gasteiger charge is 2.43. The predicted octanol–water partition coefficient (Wildman–Crippen LogP) is -1.68. The van der Waals surface area contributed by atoms with E-state index in [1.165, 1.54) is 25.0 Å². The quantitative estimate of drug-likeness (QED) is 0.514. The Morgan fingerprint density at radius 3 is 2.68 bits per heavy atom. The van der Waals surface area contributed by atoms with Crippen molar-refractivity contribution in [2.75, 3.05) is 26.2 Å². The molecule has 4 heterocycles. The Balaban J connectivity index is 1.79. The zero-order chi connectivity index (χ0) is 22.5. The van der Waals surface area contributed by atoms with Gasteiger partial charge in [0.25, 0.3) is 5.56 Å². The van der Waals surface area contributed by atoms with Crippen molar-refractivity contribution in [3.63, 3.8) is 0 Å². The molecule has 3 N–H and O–H groups in total. The number of aliphatic hydroxyl groups excluding tert-OH is 1. The maximum Gasteiger partial charge on any atom is 0.332 e. The van der Waals surface area contributed by atoms with Gasteiger partial charge in [-0.1, -0.05) is 0 Å². The van der Waals surface area contributed by atoms with E-state index in [2.05, 4.69) is 10.3 Å². The fourth-order valence-corrected chi connectivity index (χ4v) is 4.90. The number of hydrogen-bond donors (Lipinski definition) is 3. The highest BCUT2D eigenvalue weighted by Crippen LogP contribution is 2.33. The fraction of sp³-hybridized carbons (Fsp3) is 0.700. The van der Waals surface area contributed by atoms with E-state index in [-0.39, 0.29) is 42.5 Å². The zero-order valence-corrected chi connectivity index (χ0v) is 18.1. The Kier molecular flexibility index (Phi) is 5.52. The van der Waals surface area contributed by atoms with Crippen LogP contribution < -0.4 is 16.6 Å². The number of nitrogens with zero attached hydrogens (tertiary/aromatic N) is 5. The summed E-state index contributed by atoms with van der Waals surface area (Å²) in [6, 6.07) is -0.722. The molecule has 0 saturated carbocycles. The lowest BCUT2D eigenvalue weighted by molar-refractivity contribution is -0.137. The van der Waals surface area contributed by atoms with Crippen molar-refractivity contribution in [2.24, 2.45) is 20.0 Å². The zero-order valence-electron chi connectivity index (χ0n) is 18.1. The largest absolute Gasteiger partial charge is 0.391 e. The molecule has 170 valence electrons. The molecule has 0 bridgehead atoms. The molecule has 0 radical (unpaired) electrons. The van der Waals surface area contributed by atoms with Gasteiger partial charge in [-0.05, 0) is 26.3 Å². The lowest BCUT2D eigenvalue weighted by atomic mass is 9.91. The molecule has 4 atom stereocenters. The Bertz CT molecular complexity index is 1110. The molecular formula is C20H30N6O5. The number of hydrogen-bond acceptors (Lipinski definition) is 7. The van der Waals surface area contributed by atoms with Crippen LogP contribution in [-0.4, -0.2) is 77.6 Å². The molecule has 0 spiro atoms. The third kappa shape index (κ3) is 3.70. The van der Waals surface area contributed by atoms with E-state index >= 15 is 0 Å². The van der Waals surface area contributed by atoms with Crippen molar-refractivity contribution < 1.29 is 15.0 Å². The maximum absolute atomic E-state index is 13.2. The van der Waals surface area contributed by atoms with E-state index < -0.39 is 29.0 Å². The van der Waals surface area contributed by atoms with Crippen LogP contribution in [0.1, 0.15) is 32.2 Å². The topological polar surface area (TPSA) is 135 Å². The van der Waals surface area contributed by atoms with E-state index in [1.807, 2.05) is 0 Å². The number of rotatable bonds is 2. The number of fused-ring (bicyclic) bond motifs is 1. The minimum absolute atomic E-state index is 0.0378. The van der Waals surface area contributed by atoms with Crippen LogP contribution in [0.2, 0.25) is 0 Å². The number of carbonyl (C=O) groups is 1. The molecule has 2 aromatic rings. The van der Waals surface area contributed by atoms with Gasteiger partial charge in [-0.15, -0.1) is 0 Å². The highest BCUT2D eigenvalue weighted by molar-refractivity contribution is 5.79. The van der Waals surface area contributed by atoms with Gasteiger partial charge in [0.2, 0.25) is 5.91 Å². The second-order valence-electron chi connectivity index (χ2n) is 9.05. The van der Waals surface area contributed by atoms with E-state index in [4.69, 9.17) is 0 Å². The van der Waals surface area contributed by atoms with Crippen LogP contribution in [0, 0.1) is 5.92 Å². The number of aryl methyl sites for hydroxylation is 1. The van der Waals surface area contributed by atoms with Gasteiger partial charge in [0.1, 0.15) is 0 Å². The van der Waals surface area contributed by atoms with Gasteiger partial charge >= 0.3 is 5.69 Å². The summed E-state index contributed by atoms with van der Waals surface area (Å²) < 4.78 is 3.83. The van der Waals surface area contributed by atoms with Crippen LogP contribution >= 0.6 is 0 Å². The first-order valence-electron chi connectivity index (χ1n) is 10.6. The average Bonchev–Trinajstić information content (AvgIpc) is 3.12. The molecule has 0 aliphatic carbocycles. The molecule has 2 saturated heterocycles. The van der Waals surface area contributed by atoms with Crippen molar-refractivity contribution in [1.82, 2.24) is 28.9 Å². The molecule has 2 fully saturated rings. The van der Waals surface area contributed by atoms with Crippen molar-refractivity contribution >= 4 is 17.1 Å². The fourth-order valence-electron chi connectivity index (χ4n) is 4.90. The third-order valence-electron chi connectivity index (χ3n) is 6.66. The minimum atomic E-state index is -1.41. The van der Waals surface area contributed by atoms with Gasteiger partial charge in [-0.2, -0.15) is 0 Å². The number of amides is 1. The molecule has 2 aromatic heterocycles. The number of carbonyl (C=O) groups excluding carboxylic acids is 1. The predicted molar refractivity (Wildman–Crippen MR) is 113 cm³/mol. The lowest BCUT2D eigenvalue weighted by Gasteiger charge is -2.35. The summed E-state index contributed by atoms with van der Waals surface area (Å²) in [6.45, 7) is 3.30. The third-order valence-corrected chi connectivity index (χ3v) is 6.66. The number of aliphatic hydroxyl groups is 2. The average molecular weight is 434 g/mol. The van der Waals surface area contributed by atoms with Gasteiger partial charge in [0.05, 0.1) is 30.0 Å². The Morgan fingerprint density at radius 2 is 2.00 bits per heavy atom. The first kappa shape index (κ1) is 21.7. The summed E-state index contributed by atoms with van der Waals surface area (Å²) in [5.41, 5.74) is -2.04.